The van der Waals surface area contributed by atoms with Crippen molar-refractivity contribution in [3.63, 3.8) is 0 Å². The van der Waals surface area contributed by atoms with E-state index in [1.165, 1.54) is 22.0 Å². The van der Waals surface area contributed by atoms with Gasteiger partial charge in [0.15, 0.2) is 0 Å². The standard InChI is InChI=1S/C20H20N4O2/c1-23-10-9-15-11-16(7-8-17(15)23)22-19(25)18-12-21-20(26)24(18)13-14-5-3-2-4-6-14/h2-8,11-12H,9-10,13H2,1H3,(H,21,26)(H,22,25). The Labute approximate surface area is 151 Å². The van der Waals surface area contributed by atoms with Crippen molar-refractivity contribution in [2.45, 2.75) is 13.0 Å². The lowest BCUT2D eigenvalue weighted by Gasteiger charge is -2.13. The van der Waals surface area contributed by atoms with Gasteiger partial charge in [0.2, 0.25) is 0 Å². The third-order valence-corrected chi connectivity index (χ3v) is 4.75. The molecule has 2 N–H and O–H groups in total. The SMILES string of the molecule is CN1CCc2cc(NC(=O)c3c[nH]c(=O)n3Cc3ccccc3)ccc21. The van der Waals surface area contributed by atoms with Gasteiger partial charge in [-0.2, -0.15) is 0 Å². The van der Waals surface area contributed by atoms with Crippen LogP contribution in [0.25, 0.3) is 0 Å². The third-order valence-electron chi connectivity index (χ3n) is 4.75. The summed E-state index contributed by atoms with van der Waals surface area (Å²) in [7, 11) is 2.06. The van der Waals surface area contributed by atoms with Crippen LogP contribution in [0.2, 0.25) is 0 Å². The van der Waals surface area contributed by atoms with Gasteiger partial charge < -0.3 is 15.2 Å². The summed E-state index contributed by atoms with van der Waals surface area (Å²) >= 11 is 0. The average molecular weight is 348 g/mol. The number of benzene rings is 2. The number of likely N-dealkylation sites (N-methyl/N-ethyl adjacent to an activating group) is 1. The number of nitrogens with zero attached hydrogens (tertiary/aromatic N) is 2. The molecule has 132 valence electrons. The molecular weight excluding hydrogens is 328 g/mol. The van der Waals surface area contributed by atoms with Gasteiger partial charge in [-0.15, -0.1) is 0 Å². The first kappa shape index (κ1) is 16.2. The van der Waals surface area contributed by atoms with Gasteiger partial charge in [-0.1, -0.05) is 30.3 Å². The number of imidazole rings is 1. The Kier molecular flexibility index (Phi) is 4.08. The molecule has 2 heterocycles. The molecule has 1 amide bonds. The largest absolute Gasteiger partial charge is 0.374 e. The molecule has 4 rings (SSSR count). The number of aromatic nitrogens is 2. The molecule has 0 saturated carbocycles. The lowest BCUT2D eigenvalue weighted by Crippen LogP contribution is -2.24. The molecule has 3 aromatic rings. The van der Waals surface area contributed by atoms with Crippen LogP contribution in [0.4, 0.5) is 11.4 Å². The van der Waals surface area contributed by atoms with Gasteiger partial charge in [-0.25, -0.2) is 4.79 Å². The maximum Gasteiger partial charge on any atom is 0.326 e. The van der Waals surface area contributed by atoms with Gasteiger partial charge in [0.25, 0.3) is 5.91 Å². The number of hydrogen-bond donors (Lipinski definition) is 2. The number of nitrogens with one attached hydrogen (secondary N) is 2. The molecule has 1 aromatic heterocycles. The lowest BCUT2D eigenvalue weighted by atomic mass is 10.1. The molecule has 0 aliphatic carbocycles. The van der Waals surface area contributed by atoms with Crippen LogP contribution in [0.5, 0.6) is 0 Å². The van der Waals surface area contributed by atoms with Crippen molar-refractivity contribution < 1.29 is 4.79 Å². The van der Waals surface area contributed by atoms with E-state index in [1.807, 2.05) is 48.5 Å². The molecule has 0 spiro atoms. The Bertz CT molecular complexity index is 1000. The highest BCUT2D eigenvalue weighted by Crippen LogP contribution is 2.29. The second-order valence-corrected chi connectivity index (χ2v) is 6.52. The monoisotopic (exact) mass is 348 g/mol. The van der Waals surface area contributed by atoms with Gasteiger partial charge >= 0.3 is 5.69 Å². The minimum absolute atomic E-state index is 0.297. The van der Waals surface area contributed by atoms with Crippen LogP contribution in [0.3, 0.4) is 0 Å². The summed E-state index contributed by atoms with van der Waals surface area (Å²) in [5.74, 6) is -0.300. The van der Waals surface area contributed by atoms with Crippen molar-refractivity contribution in [2.24, 2.45) is 0 Å². The van der Waals surface area contributed by atoms with E-state index in [0.29, 0.717) is 12.2 Å². The van der Waals surface area contributed by atoms with Crippen LogP contribution < -0.4 is 15.9 Å². The summed E-state index contributed by atoms with van der Waals surface area (Å²) in [6, 6.07) is 15.5. The Balaban J connectivity index is 1.57. The fourth-order valence-corrected chi connectivity index (χ4v) is 3.35. The summed E-state index contributed by atoms with van der Waals surface area (Å²) in [6.45, 7) is 1.34. The van der Waals surface area contributed by atoms with E-state index in [4.69, 9.17) is 0 Å². The molecule has 0 saturated heterocycles. The molecule has 26 heavy (non-hydrogen) atoms. The van der Waals surface area contributed by atoms with E-state index >= 15 is 0 Å². The second kappa shape index (κ2) is 6.55. The van der Waals surface area contributed by atoms with Gasteiger partial charge in [0, 0.05) is 31.2 Å². The summed E-state index contributed by atoms with van der Waals surface area (Å²) in [4.78, 5) is 29.6. The van der Waals surface area contributed by atoms with Crippen LogP contribution >= 0.6 is 0 Å². The molecule has 0 bridgehead atoms. The number of carbonyl (C=O) groups is 1. The zero-order valence-electron chi connectivity index (χ0n) is 14.5. The highest BCUT2D eigenvalue weighted by Gasteiger charge is 2.18. The number of aromatic amines is 1. The number of anilines is 2. The van der Waals surface area contributed by atoms with E-state index in [0.717, 1.165) is 24.2 Å². The van der Waals surface area contributed by atoms with Gasteiger partial charge in [0.1, 0.15) is 5.69 Å². The molecule has 2 aromatic carbocycles. The van der Waals surface area contributed by atoms with Crippen molar-refractivity contribution in [3.05, 3.63) is 82.0 Å². The number of amides is 1. The Morgan fingerprint density at radius 1 is 1.19 bits per heavy atom. The lowest BCUT2D eigenvalue weighted by molar-refractivity contribution is 0.101. The highest BCUT2D eigenvalue weighted by molar-refractivity contribution is 6.03. The average Bonchev–Trinajstić information content (AvgIpc) is 3.19. The number of hydrogen-bond acceptors (Lipinski definition) is 3. The van der Waals surface area contributed by atoms with Crippen molar-refractivity contribution in [2.75, 3.05) is 23.8 Å². The first-order valence-corrected chi connectivity index (χ1v) is 8.59. The Morgan fingerprint density at radius 3 is 2.81 bits per heavy atom. The van der Waals surface area contributed by atoms with E-state index in [-0.39, 0.29) is 11.6 Å². The topological polar surface area (TPSA) is 70.1 Å². The van der Waals surface area contributed by atoms with Crippen molar-refractivity contribution in [3.8, 4) is 0 Å². The predicted octanol–water partition coefficient (Wildman–Crippen LogP) is 2.47. The Morgan fingerprint density at radius 2 is 2.00 bits per heavy atom. The van der Waals surface area contributed by atoms with Crippen molar-refractivity contribution in [1.82, 2.24) is 9.55 Å². The minimum Gasteiger partial charge on any atom is -0.374 e. The predicted molar refractivity (Wildman–Crippen MR) is 102 cm³/mol. The van der Waals surface area contributed by atoms with Crippen molar-refractivity contribution in [1.29, 1.82) is 0 Å². The van der Waals surface area contributed by atoms with Crippen LogP contribution in [0.1, 0.15) is 21.6 Å². The number of fused-ring (bicyclic) bond motifs is 1. The fourth-order valence-electron chi connectivity index (χ4n) is 3.35. The maximum atomic E-state index is 12.7. The summed E-state index contributed by atoms with van der Waals surface area (Å²) in [6.07, 6.45) is 2.43. The quantitative estimate of drug-likeness (QED) is 0.761. The minimum atomic E-state index is -0.300. The van der Waals surface area contributed by atoms with Gasteiger partial charge in [-0.05, 0) is 35.7 Å². The highest BCUT2D eigenvalue weighted by atomic mass is 16.2. The van der Waals surface area contributed by atoms with Crippen LogP contribution in [-0.4, -0.2) is 29.1 Å². The summed E-state index contributed by atoms with van der Waals surface area (Å²) < 4.78 is 1.45. The van der Waals surface area contributed by atoms with Crippen LogP contribution in [0.15, 0.2) is 59.5 Å². The van der Waals surface area contributed by atoms with Crippen LogP contribution in [0, 0.1) is 0 Å². The summed E-state index contributed by atoms with van der Waals surface area (Å²) in [5, 5.41) is 2.91. The second-order valence-electron chi connectivity index (χ2n) is 6.52. The normalized spacial score (nSPS) is 12.9. The molecule has 1 aliphatic heterocycles. The summed E-state index contributed by atoms with van der Waals surface area (Å²) in [5.41, 5.74) is 4.14. The maximum absolute atomic E-state index is 12.7. The number of H-pyrrole nitrogens is 1. The van der Waals surface area contributed by atoms with Gasteiger partial charge in [0.05, 0.1) is 6.54 Å². The Hall–Kier alpha value is -3.28. The molecule has 6 nitrogen and oxygen atoms in total. The molecule has 0 fully saturated rings. The van der Waals surface area contributed by atoms with E-state index in [1.54, 1.807) is 0 Å². The molecular formula is C20H20N4O2. The van der Waals surface area contributed by atoms with Crippen molar-refractivity contribution >= 4 is 17.3 Å². The fraction of sp³-hybridized carbons (Fsp3) is 0.200. The van der Waals surface area contributed by atoms with Crippen LogP contribution in [-0.2, 0) is 13.0 Å². The van der Waals surface area contributed by atoms with E-state index in [9.17, 15) is 9.59 Å². The first-order valence-electron chi connectivity index (χ1n) is 8.59. The molecule has 0 atom stereocenters. The number of carbonyl (C=O) groups excluding carboxylic acids is 1. The smallest absolute Gasteiger partial charge is 0.326 e. The number of rotatable bonds is 4. The molecule has 0 radical (unpaired) electrons. The zero-order valence-corrected chi connectivity index (χ0v) is 14.5. The van der Waals surface area contributed by atoms with E-state index < -0.39 is 0 Å². The molecule has 1 aliphatic rings. The van der Waals surface area contributed by atoms with E-state index in [2.05, 4.69) is 22.2 Å². The zero-order chi connectivity index (χ0) is 18.1. The molecule has 6 heteroatoms. The molecule has 0 unspecified atom stereocenters. The van der Waals surface area contributed by atoms with Gasteiger partial charge in [-0.3, -0.25) is 9.36 Å². The first-order chi connectivity index (χ1) is 12.6. The third kappa shape index (κ3) is 3.01.